The molecule has 0 fully saturated rings. The van der Waals surface area contributed by atoms with Gasteiger partial charge in [-0.2, -0.15) is 15.5 Å². The molecular weight excluding hydrogens is 467 g/mol. The number of nitrogens with zero attached hydrogens (tertiary/aromatic N) is 5. The lowest BCUT2D eigenvalue weighted by Crippen LogP contribution is -2.29. The van der Waals surface area contributed by atoms with E-state index in [0.717, 1.165) is 11.1 Å². The average molecular weight is 491 g/mol. The number of halogens is 1. The smallest absolute Gasteiger partial charge is 0.240 e. The number of hydrogen-bond acceptors (Lipinski definition) is 6. The predicted octanol–water partition coefficient (Wildman–Crippen LogP) is 3.44. The van der Waals surface area contributed by atoms with E-state index in [-0.39, 0.29) is 29.7 Å². The molecule has 0 radical (unpaired) electrons. The fraction of sp³-hybridized carbons (Fsp3) is 0.208. The van der Waals surface area contributed by atoms with E-state index in [2.05, 4.69) is 26.7 Å². The van der Waals surface area contributed by atoms with Crippen molar-refractivity contribution < 1.29 is 9.18 Å². The highest BCUT2D eigenvalue weighted by molar-refractivity contribution is 7.71. The quantitative estimate of drug-likeness (QED) is 0.256. The van der Waals surface area contributed by atoms with Gasteiger partial charge < -0.3 is 11.1 Å². The minimum Gasteiger partial charge on any atom is -0.382 e. The fourth-order valence-corrected chi connectivity index (χ4v) is 3.82. The number of amides is 1. The predicted molar refractivity (Wildman–Crippen MR) is 132 cm³/mol. The number of anilines is 1. The normalized spacial score (nSPS) is 10.8. The summed E-state index contributed by atoms with van der Waals surface area (Å²) in [6.45, 7) is 2.39. The number of aromatic amines is 1. The highest BCUT2D eigenvalue weighted by Crippen LogP contribution is 2.22. The van der Waals surface area contributed by atoms with E-state index in [1.54, 1.807) is 4.57 Å². The molecule has 2 aromatic heterocycles. The monoisotopic (exact) mass is 490 g/mol. The van der Waals surface area contributed by atoms with Gasteiger partial charge in [-0.05, 0) is 56.2 Å². The Balaban J connectivity index is 1.37. The molecule has 0 aliphatic rings. The zero-order valence-corrected chi connectivity index (χ0v) is 19.8. The van der Waals surface area contributed by atoms with Crippen molar-refractivity contribution >= 4 is 23.9 Å². The molecule has 0 saturated carbocycles. The molecule has 0 spiro atoms. The molecule has 4 aromatic rings. The van der Waals surface area contributed by atoms with E-state index < -0.39 is 0 Å². The first-order chi connectivity index (χ1) is 16.9. The van der Waals surface area contributed by atoms with Crippen LogP contribution in [-0.4, -0.2) is 37.0 Å². The van der Waals surface area contributed by atoms with Gasteiger partial charge >= 0.3 is 0 Å². The van der Waals surface area contributed by atoms with Crippen LogP contribution in [0.3, 0.4) is 0 Å². The van der Waals surface area contributed by atoms with Crippen LogP contribution < -0.4 is 11.1 Å². The summed E-state index contributed by atoms with van der Waals surface area (Å²) < 4.78 is 16.6. The van der Waals surface area contributed by atoms with Gasteiger partial charge in [0.05, 0.1) is 11.4 Å². The molecule has 11 heteroatoms. The summed E-state index contributed by atoms with van der Waals surface area (Å²) in [5, 5.41) is 23.8. The van der Waals surface area contributed by atoms with Gasteiger partial charge in [0.25, 0.3) is 0 Å². The molecule has 2 aromatic carbocycles. The molecule has 0 aliphatic carbocycles. The molecule has 178 valence electrons. The Morgan fingerprint density at radius 2 is 1.94 bits per heavy atom. The Labute approximate surface area is 206 Å². The first-order valence-electron chi connectivity index (χ1n) is 10.9. The summed E-state index contributed by atoms with van der Waals surface area (Å²) in [4.78, 5) is 12.6. The van der Waals surface area contributed by atoms with Crippen LogP contribution in [0.2, 0.25) is 0 Å². The van der Waals surface area contributed by atoms with Crippen molar-refractivity contribution in [2.24, 2.45) is 0 Å². The summed E-state index contributed by atoms with van der Waals surface area (Å²) in [5.41, 5.74) is 9.41. The highest BCUT2D eigenvalue weighted by Gasteiger charge is 2.17. The van der Waals surface area contributed by atoms with Crippen molar-refractivity contribution in [3.63, 3.8) is 0 Å². The largest absolute Gasteiger partial charge is 0.382 e. The van der Waals surface area contributed by atoms with Gasteiger partial charge in [0.2, 0.25) is 5.91 Å². The molecule has 35 heavy (non-hydrogen) atoms. The Hall–Kier alpha value is -4.30. The third-order valence-corrected chi connectivity index (χ3v) is 5.77. The number of rotatable bonds is 8. The number of aromatic nitrogens is 5. The van der Waals surface area contributed by atoms with E-state index in [9.17, 15) is 14.4 Å². The molecule has 0 aliphatic heterocycles. The third-order valence-electron chi connectivity index (χ3n) is 5.46. The summed E-state index contributed by atoms with van der Waals surface area (Å²) in [6, 6.07) is 15.6. The van der Waals surface area contributed by atoms with Gasteiger partial charge in [-0.3, -0.25) is 14.5 Å². The SMILES string of the molecule is Cc1ccc(-c2n[nH]c(=S)n2CC(=O)NCCCc2nn(-c3ccc(F)cc3)c(N)c2C#N)cc1. The standard InChI is InChI=1S/C24H23FN8OS/c1-15-4-6-16(7-5-15)23-29-30-24(35)32(23)14-21(34)28-12-2-3-20-19(13-26)22(27)33(31-20)18-10-8-17(25)9-11-18/h4-11H,2-3,12,14,27H2,1H3,(H,28,34)(H,30,35). The third kappa shape index (κ3) is 5.28. The Morgan fingerprint density at radius 3 is 2.63 bits per heavy atom. The van der Waals surface area contributed by atoms with Gasteiger partial charge in [0, 0.05) is 12.1 Å². The van der Waals surface area contributed by atoms with Gasteiger partial charge in [-0.1, -0.05) is 29.8 Å². The summed E-state index contributed by atoms with van der Waals surface area (Å²) in [7, 11) is 0. The average Bonchev–Trinajstić information content (AvgIpc) is 3.36. The fourth-order valence-electron chi connectivity index (χ4n) is 3.62. The summed E-state index contributed by atoms with van der Waals surface area (Å²) >= 11 is 5.30. The van der Waals surface area contributed by atoms with Crippen LogP contribution in [0.1, 0.15) is 23.2 Å². The van der Waals surface area contributed by atoms with Crippen molar-refractivity contribution in [3.05, 3.63) is 75.9 Å². The first-order valence-corrected chi connectivity index (χ1v) is 11.3. The van der Waals surface area contributed by atoms with Crippen LogP contribution in [0.5, 0.6) is 0 Å². The van der Waals surface area contributed by atoms with Crippen LogP contribution in [0.4, 0.5) is 10.2 Å². The van der Waals surface area contributed by atoms with E-state index in [0.29, 0.717) is 41.4 Å². The van der Waals surface area contributed by atoms with E-state index in [4.69, 9.17) is 18.0 Å². The van der Waals surface area contributed by atoms with Gasteiger partial charge in [-0.25, -0.2) is 9.07 Å². The molecule has 0 bridgehead atoms. The number of benzene rings is 2. The van der Waals surface area contributed by atoms with Crippen molar-refractivity contribution in [1.82, 2.24) is 29.9 Å². The molecule has 0 atom stereocenters. The Kier molecular flexibility index (Phi) is 7.03. The Morgan fingerprint density at radius 1 is 1.23 bits per heavy atom. The molecule has 2 heterocycles. The van der Waals surface area contributed by atoms with Crippen LogP contribution >= 0.6 is 12.2 Å². The molecule has 1 amide bonds. The second-order valence-electron chi connectivity index (χ2n) is 7.97. The van der Waals surface area contributed by atoms with Gasteiger partial charge in [0.1, 0.15) is 29.8 Å². The molecule has 0 unspecified atom stereocenters. The second-order valence-corrected chi connectivity index (χ2v) is 8.35. The van der Waals surface area contributed by atoms with E-state index in [1.807, 2.05) is 31.2 Å². The van der Waals surface area contributed by atoms with Crippen LogP contribution in [0, 0.1) is 28.8 Å². The molecule has 4 rings (SSSR count). The number of nitrogens with one attached hydrogen (secondary N) is 2. The lowest BCUT2D eigenvalue weighted by atomic mass is 10.1. The summed E-state index contributed by atoms with van der Waals surface area (Å²) in [6.07, 6.45) is 0.975. The van der Waals surface area contributed by atoms with Gasteiger partial charge in [0.15, 0.2) is 10.6 Å². The molecule has 9 nitrogen and oxygen atoms in total. The minimum atomic E-state index is -0.376. The number of carbonyl (C=O) groups is 1. The van der Waals surface area contributed by atoms with Gasteiger partial charge in [-0.15, -0.1) is 0 Å². The number of nitrogens with two attached hydrogens (primary N) is 1. The molecule has 4 N–H and O–H groups in total. The lowest BCUT2D eigenvalue weighted by molar-refractivity contribution is -0.121. The first kappa shape index (κ1) is 23.8. The maximum absolute atomic E-state index is 13.2. The van der Waals surface area contributed by atoms with Crippen molar-refractivity contribution in [1.29, 1.82) is 5.26 Å². The van der Waals surface area contributed by atoms with Crippen LogP contribution in [-0.2, 0) is 17.8 Å². The lowest BCUT2D eigenvalue weighted by Gasteiger charge is -2.08. The Bertz CT molecular complexity index is 1440. The number of nitriles is 1. The second kappa shape index (κ2) is 10.3. The number of carbonyl (C=O) groups excluding carboxylic acids is 1. The number of aryl methyl sites for hydroxylation is 2. The van der Waals surface area contributed by atoms with Crippen LogP contribution in [0.15, 0.2) is 48.5 Å². The molecule has 0 saturated heterocycles. The van der Waals surface area contributed by atoms with E-state index in [1.165, 1.54) is 28.9 Å². The van der Waals surface area contributed by atoms with Crippen molar-refractivity contribution in [2.45, 2.75) is 26.3 Å². The molecular formula is C24H23FN8OS. The zero-order chi connectivity index (χ0) is 24.9. The number of H-pyrrole nitrogens is 1. The van der Waals surface area contributed by atoms with Crippen LogP contribution in [0.25, 0.3) is 17.1 Å². The zero-order valence-electron chi connectivity index (χ0n) is 19.0. The summed E-state index contributed by atoms with van der Waals surface area (Å²) in [5.74, 6) is 0.188. The topological polar surface area (TPSA) is 130 Å². The van der Waals surface area contributed by atoms with Crippen molar-refractivity contribution in [2.75, 3.05) is 12.3 Å². The maximum atomic E-state index is 13.2. The highest BCUT2D eigenvalue weighted by atomic mass is 32.1. The van der Waals surface area contributed by atoms with E-state index >= 15 is 0 Å². The van der Waals surface area contributed by atoms with Crippen molar-refractivity contribution in [3.8, 4) is 23.1 Å². The number of hydrogen-bond donors (Lipinski definition) is 3. The minimum absolute atomic E-state index is 0.0220. The maximum Gasteiger partial charge on any atom is 0.240 e. The number of nitrogen functional groups attached to an aromatic ring is 1.